The summed E-state index contributed by atoms with van der Waals surface area (Å²) in [4.78, 5) is 24.3. The van der Waals surface area contributed by atoms with Crippen molar-refractivity contribution in [3.8, 4) is 5.75 Å². The van der Waals surface area contributed by atoms with Crippen molar-refractivity contribution in [2.24, 2.45) is 0 Å². The molecule has 0 saturated carbocycles. The number of para-hydroxylation sites is 1. The molecule has 0 radical (unpaired) electrons. The van der Waals surface area contributed by atoms with Gasteiger partial charge in [0.15, 0.2) is 0 Å². The van der Waals surface area contributed by atoms with E-state index in [0.717, 1.165) is 43.9 Å². The highest BCUT2D eigenvalue weighted by Gasteiger charge is 2.27. The monoisotopic (exact) mass is 434 g/mol. The summed E-state index contributed by atoms with van der Waals surface area (Å²) >= 11 is 0. The second kappa shape index (κ2) is 9.87. The molecule has 1 atom stereocenters. The lowest BCUT2D eigenvalue weighted by molar-refractivity contribution is 0.102. The molecule has 32 heavy (non-hydrogen) atoms. The number of rotatable bonds is 6. The zero-order chi connectivity index (χ0) is 22.5. The molecule has 2 aromatic carbocycles. The van der Waals surface area contributed by atoms with Crippen molar-refractivity contribution in [3.05, 3.63) is 83.2 Å². The van der Waals surface area contributed by atoms with Gasteiger partial charge in [-0.1, -0.05) is 30.7 Å². The normalized spacial score (nSPS) is 16.5. The van der Waals surface area contributed by atoms with Crippen molar-refractivity contribution < 1.29 is 13.9 Å². The largest absolute Gasteiger partial charge is 0.497 e. The van der Waals surface area contributed by atoms with Gasteiger partial charge in [-0.05, 0) is 56.1 Å². The first-order chi connectivity index (χ1) is 15.5. The molecule has 1 saturated heterocycles. The Kier molecular flexibility index (Phi) is 6.75. The number of likely N-dealkylation sites (tertiary alicyclic amines) is 1. The second-order valence-corrected chi connectivity index (χ2v) is 7.99. The van der Waals surface area contributed by atoms with Gasteiger partial charge in [0.1, 0.15) is 17.4 Å². The predicted molar refractivity (Wildman–Crippen MR) is 121 cm³/mol. The number of anilines is 1. The standard InChI is InChI=1S/C25H27FN4O2/c1-17-20(25(31)29-22-8-4-3-7-21(22)26)15-27-24(28-17)23-9-5-6-14-30(23)16-18-10-12-19(32-2)13-11-18/h3-4,7-8,10-13,15,23H,5-6,9,14,16H2,1-2H3,(H,29,31)/t23-/m1/s1. The maximum absolute atomic E-state index is 13.9. The zero-order valence-corrected chi connectivity index (χ0v) is 18.3. The summed E-state index contributed by atoms with van der Waals surface area (Å²) in [6.07, 6.45) is 4.76. The van der Waals surface area contributed by atoms with Crippen molar-refractivity contribution >= 4 is 11.6 Å². The van der Waals surface area contributed by atoms with Crippen LogP contribution in [0.3, 0.4) is 0 Å². The lowest BCUT2D eigenvalue weighted by Gasteiger charge is -2.34. The van der Waals surface area contributed by atoms with Gasteiger partial charge in [0, 0.05) is 12.7 Å². The summed E-state index contributed by atoms with van der Waals surface area (Å²) in [5.74, 6) is 0.663. The SMILES string of the molecule is COc1ccc(CN2CCCC[C@@H]2c2ncc(C(=O)Nc3ccccc3F)c(C)n2)cc1. The number of piperidine rings is 1. The number of aromatic nitrogens is 2. The van der Waals surface area contributed by atoms with Crippen LogP contribution in [0.2, 0.25) is 0 Å². The molecule has 1 aliphatic rings. The number of carbonyl (C=O) groups is 1. The number of nitrogens with one attached hydrogen (secondary N) is 1. The second-order valence-electron chi connectivity index (χ2n) is 7.99. The minimum atomic E-state index is -0.479. The van der Waals surface area contributed by atoms with E-state index >= 15 is 0 Å². The first kappa shape index (κ1) is 21.9. The number of hydrogen-bond acceptors (Lipinski definition) is 5. The fourth-order valence-corrected chi connectivity index (χ4v) is 4.06. The van der Waals surface area contributed by atoms with Crippen molar-refractivity contribution in [2.75, 3.05) is 19.0 Å². The highest BCUT2D eigenvalue weighted by Crippen LogP contribution is 2.31. The molecule has 0 bridgehead atoms. The van der Waals surface area contributed by atoms with Crippen molar-refractivity contribution in [1.82, 2.24) is 14.9 Å². The Labute approximate surface area is 187 Å². The van der Waals surface area contributed by atoms with Crippen molar-refractivity contribution in [1.29, 1.82) is 0 Å². The van der Waals surface area contributed by atoms with Gasteiger partial charge in [-0.3, -0.25) is 9.69 Å². The molecule has 3 aromatic rings. The average molecular weight is 435 g/mol. The average Bonchev–Trinajstić information content (AvgIpc) is 2.81. The molecule has 6 nitrogen and oxygen atoms in total. The molecule has 1 fully saturated rings. The molecule has 7 heteroatoms. The Morgan fingerprint density at radius 1 is 1.19 bits per heavy atom. The van der Waals surface area contributed by atoms with E-state index in [4.69, 9.17) is 4.74 Å². The molecule has 0 unspecified atom stereocenters. The van der Waals surface area contributed by atoms with Crippen LogP contribution < -0.4 is 10.1 Å². The molecule has 1 aliphatic heterocycles. The Morgan fingerprint density at radius 3 is 2.69 bits per heavy atom. The number of carbonyl (C=O) groups excluding carboxylic acids is 1. The van der Waals surface area contributed by atoms with Crippen LogP contribution in [0.4, 0.5) is 10.1 Å². The number of benzene rings is 2. The Morgan fingerprint density at radius 2 is 1.97 bits per heavy atom. The molecule has 0 spiro atoms. The lowest BCUT2D eigenvalue weighted by atomic mass is 10.00. The number of hydrogen-bond donors (Lipinski definition) is 1. The third-order valence-corrected chi connectivity index (χ3v) is 5.82. The highest BCUT2D eigenvalue weighted by atomic mass is 19.1. The fourth-order valence-electron chi connectivity index (χ4n) is 4.06. The van der Waals surface area contributed by atoms with Crippen LogP contribution in [-0.2, 0) is 6.54 Å². The molecule has 0 aliphatic carbocycles. The van der Waals surface area contributed by atoms with Crippen LogP contribution in [0.15, 0.2) is 54.7 Å². The summed E-state index contributed by atoms with van der Waals surface area (Å²) in [5.41, 5.74) is 2.27. The molecular formula is C25H27FN4O2. The number of ether oxygens (including phenoxy) is 1. The predicted octanol–water partition coefficient (Wildman–Crippen LogP) is 4.91. The van der Waals surface area contributed by atoms with Gasteiger partial charge in [0.05, 0.1) is 30.1 Å². The van der Waals surface area contributed by atoms with E-state index in [-0.39, 0.29) is 11.7 Å². The summed E-state index contributed by atoms with van der Waals surface area (Å²) < 4.78 is 19.1. The van der Waals surface area contributed by atoms with Crippen LogP contribution in [-0.4, -0.2) is 34.4 Å². The molecule has 1 amide bonds. The summed E-state index contributed by atoms with van der Waals surface area (Å²) in [7, 11) is 1.66. The highest BCUT2D eigenvalue weighted by molar-refractivity contribution is 6.04. The van der Waals surface area contributed by atoms with Gasteiger partial charge in [0.2, 0.25) is 0 Å². The minimum Gasteiger partial charge on any atom is -0.497 e. The molecule has 1 N–H and O–H groups in total. The summed E-state index contributed by atoms with van der Waals surface area (Å²) in [6, 6.07) is 14.3. The maximum atomic E-state index is 13.9. The quantitative estimate of drug-likeness (QED) is 0.597. The van der Waals surface area contributed by atoms with E-state index in [0.29, 0.717) is 11.3 Å². The van der Waals surface area contributed by atoms with E-state index in [1.807, 2.05) is 12.1 Å². The van der Waals surface area contributed by atoms with Gasteiger partial charge in [0.25, 0.3) is 5.91 Å². The van der Waals surface area contributed by atoms with E-state index in [9.17, 15) is 9.18 Å². The van der Waals surface area contributed by atoms with E-state index in [1.165, 1.54) is 17.7 Å². The van der Waals surface area contributed by atoms with Gasteiger partial charge in [-0.15, -0.1) is 0 Å². The van der Waals surface area contributed by atoms with Crippen LogP contribution in [0.1, 0.15) is 52.7 Å². The number of amides is 1. The van der Waals surface area contributed by atoms with Crippen LogP contribution in [0.25, 0.3) is 0 Å². The molecule has 166 valence electrons. The number of methoxy groups -OCH3 is 1. The number of halogens is 1. The Hall–Kier alpha value is -3.32. The molecule has 2 heterocycles. The topological polar surface area (TPSA) is 67.3 Å². The third-order valence-electron chi connectivity index (χ3n) is 5.82. The smallest absolute Gasteiger partial charge is 0.259 e. The van der Waals surface area contributed by atoms with Crippen LogP contribution in [0.5, 0.6) is 5.75 Å². The molecular weight excluding hydrogens is 407 g/mol. The van der Waals surface area contributed by atoms with Gasteiger partial charge in [-0.2, -0.15) is 0 Å². The molecule has 4 rings (SSSR count). The van der Waals surface area contributed by atoms with Gasteiger partial charge >= 0.3 is 0 Å². The number of nitrogens with zero attached hydrogens (tertiary/aromatic N) is 3. The van der Waals surface area contributed by atoms with Gasteiger partial charge in [-0.25, -0.2) is 14.4 Å². The third kappa shape index (κ3) is 4.94. The minimum absolute atomic E-state index is 0.0910. The summed E-state index contributed by atoms with van der Waals surface area (Å²) in [6.45, 7) is 3.55. The van der Waals surface area contributed by atoms with E-state index < -0.39 is 11.7 Å². The number of aryl methyl sites for hydroxylation is 1. The van der Waals surface area contributed by atoms with Crippen molar-refractivity contribution in [2.45, 2.75) is 38.8 Å². The van der Waals surface area contributed by atoms with Crippen molar-refractivity contribution in [3.63, 3.8) is 0 Å². The Balaban J connectivity index is 1.50. The fraction of sp³-hybridized carbons (Fsp3) is 0.320. The van der Waals surface area contributed by atoms with Gasteiger partial charge < -0.3 is 10.1 Å². The maximum Gasteiger partial charge on any atom is 0.259 e. The summed E-state index contributed by atoms with van der Waals surface area (Å²) in [5, 5.41) is 2.60. The first-order valence-electron chi connectivity index (χ1n) is 10.8. The Bertz CT molecular complexity index is 1090. The van der Waals surface area contributed by atoms with Crippen LogP contribution in [0, 0.1) is 12.7 Å². The lowest BCUT2D eigenvalue weighted by Crippen LogP contribution is -2.34. The van der Waals surface area contributed by atoms with E-state index in [1.54, 1.807) is 32.4 Å². The first-order valence-corrected chi connectivity index (χ1v) is 10.8. The van der Waals surface area contributed by atoms with Crippen LogP contribution >= 0.6 is 0 Å². The zero-order valence-electron chi connectivity index (χ0n) is 18.3. The van der Waals surface area contributed by atoms with E-state index in [2.05, 4.69) is 32.3 Å². The molecule has 1 aromatic heterocycles.